The van der Waals surface area contributed by atoms with Crippen molar-refractivity contribution in [2.45, 2.75) is 12.8 Å². The van der Waals surface area contributed by atoms with Crippen molar-refractivity contribution in [1.29, 1.82) is 0 Å². The Labute approximate surface area is 128 Å². The lowest BCUT2D eigenvalue weighted by molar-refractivity contribution is 0.931. The summed E-state index contributed by atoms with van der Waals surface area (Å²) >= 11 is 0. The van der Waals surface area contributed by atoms with Crippen LogP contribution in [0.15, 0.2) is 42.9 Å². The minimum absolute atomic E-state index is 0.851. The number of hydrogen-bond donors (Lipinski definition) is 0. The number of aromatic nitrogens is 4. The van der Waals surface area contributed by atoms with E-state index >= 15 is 0 Å². The number of hydrogen-bond acceptors (Lipinski definition) is 4. The summed E-state index contributed by atoms with van der Waals surface area (Å²) < 4.78 is 1.81. The summed E-state index contributed by atoms with van der Waals surface area (Å²) in [7, 11) is 0. The Kier molecular flexibility index (Phi) is 3.31. The summed E-state index contributed by atoms with van der Waals surface area (Å²) in [6, 6.07) is 10.2. The van der Waals surface area contributed by atoms with E-state index in [0.717, 1.165) is 35.5 Å². The van der Waals surface area contributed by atoms with Crippen molar-refractivity contribution in [3.8, 4) is 0 Å². The summed E-state index contributed by atoms with van der Waals surface area (Å²) in [5.41, 5.74) is 1.99. The Bertz CT molecular complexity index is 800. The van der Waals surface area contributed by atoms with Gasteiger partial charge in [0.2, 0.25) is 0 Å². The van der Waals surface area contributed by atoms with Crippen LogP contribution in [0.4, 0.5) is 5.82 Å². The molecule has 5 nitrogen and oxygen atoms in total. The van der Waals surface area contributed by atoms with Crippen LogP contribution in [0.2, 0.25) is 0 Å². The van der Waals surface area contributed by atoms with Gasteiger partial charge in [0, 0.05) is 19.3 Å². The monoisotopic (exact) mass is 291 g/mol. The van der Waals surface area contributed by atoms with E-state index < -0.39 is 0 Å². The molecule has 0 unspecified atom stereocenters. The van der Waals surface area contributed by atoms with Crippen LogP contribution < -0.4 is 4.90 Å². The first kappa shape index (κ1) is 13.0. The molecule has 0 radical (unpaired) electrons. The molecule has 1 aromatic carbocycles. The van der Waals surface area contributed by atoms with Gasteiger partial charge in [-0.3, -0.25) is 0 Å². The fourth-order valence-corrected chi connectivity index (χ4v) is 2.86. The third-order valence-corrected chi connectivity index (χ3v) is 3.98. The number of benzene rings is 1. The van der Waals surface area contributed by atoms with Crippen molar-refractivity contribution >= 4 is 29.1 Å². The molecule has 2 aromatic heterocycles. The van der Waals surface area contributed by atoms with E-state index in [1.165, 1.54) is 12.8 Å². The lowest BCUT2D eigenvalue weighted by Crippen LogP contribution is -2.19. The van der Waals surface area contributed by atoms with Gasteiger partial charge in [-0.05, 0) is 24.5 Å². The molecule has 22 heavy (non-hydrogen) atoms. The van der Waals surface area contributed by atoms with Crippen molar-refractivity contribution in [2.75, 3.05) is 18.0 Å². The second-order valence-corrected chi connectivity index (χ2v) is 5.44. The molecule has 0 N–H and O–H groups in total. The van der Waals surface area contributed by atoms with Crippen LogP contribution in [0.25, 0.3) is 23.3 Å². The van der Waals surface area contributed by atoms with Crippen LogP contribution in [-0.4, -0.2) is 32.8 Å². The Hall–Kier alpha value is -2.69. The smallest absolute Gasteiger partial charge is 0.167 e. The van der Waals surface area contributed by atoms with Gasteiger partial charge >= 0.3 is 0 Å². The topological polar surface area (TPSA) is 46.8 Å². The van der Waals surface area contributed by atoms with Gasteiger partial charge in [-0.1, -0.05) is 30.3 Å². The molecule has 0 amide bonds. The van der Waals surface area contributed by atoms with E-state index in [1.807, 2.05) is 41.4 Å². The maximum atomic E-state index is 4.46. The largest absolute Gasteiger partial charge is 0.356 e. The molecular formula is C17H17N5. The van der Waals surface area contributed by atoms with Crippen LogP contribution >= 0.6 is 0 Å². The molecule has 4 rings (SSSR count). The first-order valence-corrected chi connectivity index (χ1v) is 7.58. The summed E-state index contributed by atoms with van der Waals surface area (Å²) in [5.74, 6) is 1.00. The molecule has 1 aliphatic heterocycles. The second-order valence-electron chi connectivity index (χ2n) is 5.44. The van der Waals surface area contributed by atoms with Crippen LogP contribution in [0, 0.1) is 0 Å². The average molecular weight is 291 g/mol. The molecule has 3 aromatic rings. The molecule has 1 aliphatic rings. The van der Waals surface area contributed by atoms with Crippen LogP contribution in [0.3, 0.4) is 0 Å². The minimum atomic E-state index is 0.851. The van der Waals surface area contributed by atoms with Crippen molar-refractivity contribution in [3.05, 3.63) is 48.4 Å². The van der Waals surface area contributed by atoms with E-state index in [4.69, 9.17) is 0 Å². The summed E-state index contributed by atoms with van der Waals surface area (Å²) in [6.45, 7) is 2.13. The highest BCUT2D eigenvalue weighted by molar-refractivity contribution is 5.88. The normalized spacial score (nSPS) is 15.2. The molecule has 1 saturated heterocycles. The molecule has 0 bridgehead atoms. The lowest BCUT2D eigenvalue weighted by atomic mass is 10.2. The molecule has 3 heterocycles. The Morgan fingerprint density at radius 2 is 1.82 bits per heavy atom. The summed E-state index contributed by atoms with van der Waals surface area (Å²) in [6.07, 6.45) is 9.92. The van der Waals surface area contributed by atoms with E-state index in [9.17, 15) is 0 Å². The zero-order valence-corrected chi connectivity index (χ0v) is 12.3. The van der Waals surface area contributed by atoms with E-state index in [0.29, 0.717) is 0 Å². The third kappa shape index (κ3) is 2.35. The standard InChI is InChI=1S/C17H17N5/c1-2-6-14(7-3-1)8-11-22-17-15(12-20-22)16(18-13-19-17)21-9-4-5-10-21/h1-3,6-8,11-13H,4-5,9-10H2/b11-8-. The minimum Gasteiger partial charge on any atom is -0.356 e. The van der Waals surface area contributed by atoms with Gasteiger partial charge in [0.05, 0.1) is 11.6 Å². The van der Waals surface area contributed by atoms with E-state index in [2.05, 4.69) is 32.1 Å². The van der Waals surface area contributed by atoms with Gasteiger partial charge < -0.3 is 4.90 Å². The number of rotatable bonds is 3. The highest BCUT2D eigenvalue weighted by atomic mass is 15.3. The predicted molar refractivity (Wildman–Crippen MR) is 88.4 cm³/mol. The van der Waals surface area contributed by atoms with Crippen molar-refractivity contribution in [3.63, 3.8) is 0 Å². The van der Waals surface area contributed by atoms with Gasteiger partial charge in [-0.2, -0.15) is 5.10 Å². The maximum Gasteiger partial charge on any atom is 0.167 e. The molecule has 110 valence electrons. The zero-order valence-electron chi connectivity index (χ0n) is 12.3. The van der Waals surface area contributed by atoms with E-state index in [1.54, 1.807) is 6.33 Å². The molecule has 0 saturated carbocycles. The molecule has 0 aliphatic carbocycles. The Morgan fingerprint density at radius 3 is 2.64 bits per heavy atom. The number of anilines is 1. The van der Waals surface area contributed by atoms with Crippen molar-refractivity contribution in [2.24, 2.45) is 0 Å². The fraction of sp³-hybridized carbons (Fsp3) is 0.235. The van der Waals surface area contributed by atoms with Crippen molar-refractivity contribution in [1.82, 2.24) is 19.7 Å². The summed E-state index contributed by atoms with van der Waals surface area (Å²) in [4.78, 5) is 11.2. The van der Waals surface area contributed by atoms with Crippen LogP contribution in [0.5, 0.6) is 0 Å². The highest BCUT2D eigenvalue weighted by Crippen LogP contribution is 2.25. The third-order valence-electron chi connectivity index (χ3n) is 3.98. The predicted octanol–water partition coefficient (Wildman–Crippen LogP) is 3.05. The highest BCUT2D eigenvalue weighted by Gasteiger charge is 2.18. The van der Waals surface area contributed by atoms with Gasteiger partial charge in [0.1, 0.15) is 12.1 Å². The molecular weight excluding hydrogens is 274 g/mol. The summed E-state index contributed by atoms with van der Waals surface area (Å²) in [5, 5.41) is 5.46. The maximum absolute atomic E-state index is 4.46. The molecule has 1 fully saturated rings. The number of fused-ring (bicyclic) bond motifs is 1. The van der Waals surface area contributed by atoms with E-state index in [-0.39, 0.29) is 0 Å². The first-order valence-electron chi connectivity index (χ1n) is 7.58. The lowest BCUT2D eigenvalue weighted by Gasteiger charge is -2.16. The fourth-order valence-electron chi connectivity index (χ4n) is 2.86. The quantitative estimate of drug-likeness (QED) is 0.744. The van der Waals surface area contributed by atoms with Crippen LogP contribution in [-0.2, 0) is 0 Å². The second kappa shape index (κ2) is 5.60. The Balaban J connectivity index is 1.71. The van der Waals surface area contributed by atoms with Crippen molar-refractivity contribution < 1.29 is 0 Å². The Morgan fingerprint density at radius 1 is 1.00 bits per heavy atom. The number of nitrogens with zero attached hydrogens (tertiary/aromatic N) is 5. The van der Waals surface area contributed by atoms with Crippen LogP contribution in [0.1, 0.15) is 18.4 Å². The first-order chi connectivity index (χ1) is 10.9. The zero-order chi connectivity index (χ0) is 14.8. The van der Waals surface area contributed by atoms with Gasteiger partial charge in [0.25, 0.3) is 0 Å². The van der Waals surface area contributed by atoms with Gasteiger partial charge in [0.15, 0.2) is 5.65 Å². The van der Waals surface area contributed by atoms with Gasteiger partial charge in [-0.25, -0.2) is 14.6 Å². The average Bonchev–Trinajstić information content (AvgIpc) is 3.23. The SMILES string of the molecule is C(=C/n1ncc2c(N3CCCC3)ncnc21)/c1ccccc1. The molecule has 0 spiro atoms. The molecule has 0 atom stereocenters. The van der Waals surface area contributed by atoms with Gasteiger partial charge in [-0.15, -0.1) is 0 Å². The molecule has 5 heteroatoms.